The Kier molecular flexibility index (Phi) is 5.34. The Morgan fingerprint density at radius 2 is 2.22 bits per heavy atom. The number of carbonyl (C=O) groups excluding carboxylic acids is 1. The molecule has 2 heterocycles. The van der Waals surface area contributed by atoms with Crippen molar-refractivity contribution in [2.24, 2.45) is 0 Å². The first-order valence-corrected chi connectivity index (χ1v) is 7.36. The molecule has 0 aromatic carbocycles. The summed E-state index contributed by atoms with van der Waals surface area (Å²) in [5.74, 6) is -0.360. The number of rotatable bonds is 5. The zero-order valence-electron chi connectivity index (χ0n) is 13.2. The van der Waals surface area contributed by atoms with Crippen molar-refractivity contribution in [2.75, 3.05) is 13.7 Å². The van der Waals surface area contributed by atoms with Crippen molar-refractivity contribution in [3.63, 3.8) is 0 Å². The molecule has 2 rings (SSSR count). The van der Waals surface area contributed by atoms with Crippen LogP contribution in [0.25, 0.3) is 0 Å². The number of aromatic amines is 1. The molecule has 1 saturated heterocycles. The molecule has 0 bridgehead atoms. The van der Waals surface area contributed by atoms with Crippen LogP contribution in [-0.2, 0) is 14.3 Å². The molecule has 0 saturated carbocycles. The summed E-state index contributed by atoms with van der Waals surface area (Å²) in [7, 11) is 1.47. The number of hydrogen-bond donors (Lipinski definition) is 3. The molecule has 9 heteroatoms. The van der Waals surface area contributed by atoms with Crippen LogP contribution >= 0.6 is 0 Å². The number of carbonyl (C=O) groups is 1. The van der Waals surface area contributed by atoms with E-state index in [1.54, 1.807) is 6.92 Å². The third-order valence-electron chi connectivity index (χ3n) is 3.82. The van der Waals surface area contributed by atoms with Crippen LogP contribution in [0.5, 0.6) is 0 Å². The lowest BCUT2D eigenvalue weighted by molar-refractivity contribution is -0.132. The molecule has 0 aliphatic carbocycles. The number of aliphatic hydroxyl groups excluding tert-OH is 1. The van der Waals surface area contributed by atoms with Crippen molar-refractivity contribution in [2.45, 2.75) is 44.8 Å². The number of H-pyrrole nitrogens is 1. The number of nitrogens with zero attached hydrogens (tertiary/aromatic N) is 1. The molecule has 23 heavy (non-hydrogen) atoms. The summed E-state index contributed by atoms with van der Waals surface area (Å²) in [6.07, 6.45) is -1.49. The minimum absolute atomic E-state index is 0.272. The second-order valence-corrected chi connectivity index (χ2v) is 5.39. The quantitative estimate of drug-likeness (QED) is 0.614. The fraction of sp³-hybridized carbons (Fsp3) is 0.643. The Balaban J connectivity index is 2.33. The summed E-state index contributed by atoms with van der Waals surface area (Å²) >= 11 is 0. The number of aromatic nitrogens is 2. The second kappa shape index (κ2) is 7.07. The predicted octanol–water partition coefficient (Wildman–Crippen LogP) is -1.36. The summed E-state index contributed by atoms with van der Waals surface area (Å²) < 4.78 is 12.3. The Morgan fingerprint density at radius 1 is 1.52 bits per heavy atom. The average molecular weight is 327 g/mol. The highest BCUT2D eigenvalue weighted by Crippen LogP contribution is 2.32. The third-order valence-corrected chi connectivity index (χ3v) is 3.82. The monoisotopic (exact) mass is 327 g/mol. The standard InChI is InChI=1S/C14H21N3O6/c1-4-8-10(19)11(22-6-9(18)15-3)13(23-8)17-5-7(2)12(20)16-14(17)21/h5,8,10-11,13,19H,4,6H2,1-3H3,(H,15,18)(H,16,20,21). The Hall–Kier alpha value is -1.97. The fourth-order valence-electron chi connectivity index (χ4n) is 2.48. The van der Waals surface area contributed by atoms with Crippen LogP contribution in [0.15, 0.2) is 15.8 Å². The van der Waals surface area contributed by atoms with E-state index in [1.807, 2.05) is 6.92 Å². The summed E-state index contributed by atoms with van der Waals surface area (Å²) in [4.78, 5) is 37.1. The van der Waals surface area contributed by atoms with Gasteiger partial charge in [0.2, 0.25) is 5.91 Å². The number of amides is 1. The van der Waals surface area contributed by atoms with Gasteiger partial charge in [0.25, 0.3) is 5.56 Å². The van der Waals surface area contributed by atoms with E-state index in [4.69, 9.17) is 9.47 Å². The van der Waals surface area contributed by atoms with Crippen molar-refractivity contribution in [1.29, 1.82) is 0 Å². The normalized spacial score (nSPS) is 27.1. The number of aliphatic hydroxyl groups is 1. The third kappa shape index (κ3) is 3.52. The van der Waals surface area contributed by atoms with E-state index >= 15 is 0 Å². The van der Waals surface area contributed by atoms with E-state index < -0.39 is 35.8 Å². The summed E-state index contributed by atoms with van der Waals surface area (Å²) in [6, 6.07) is 0. The van der Waals surface area contributed by atoms with Crippen molar-refractivity contribution < 1.29 is 19.4 Å². The van der Waals surface area contributed by atoms with Gasteiger partial charge >= 0.3 is 5.69 Å². The highest BCUT2D eigenvalue weighted by molar-refractivity contribution is 5.76. The van der Waals surface area contributed by atoms with Gasteiger partial charge in [-0.05, 0) is 13.3 Å². The van der Waals surface area contributed by atoms with E-state index in [0.29, 0.717) is 12.0 Å². The molecule has 9 nitrogen and oxygen atoms in total. The van der Waals surface area contributed by atoms with Gasteiger partial charge in [-0.15, -0.1) is 0 Å². The molecule has 3 N–H and O–H groups in total. The molecule has 1 aromatic heterocycles. The topological polar surface area (TPSA) is 123 Å². The van der Waals surface area contributed by atoms with Crippen LogP contribution in [0.2, 0.25) is 0 Å². The fourth-order valence-corrected chi connectivity index (χ4v) is 2.48. The predicted molar refractivity (Wildman–Crippen MR) is 80.1 cm³/mol. The van der Waals surface area contributed by atoms with E-state index in [1.165, 1.54) is 17.8 Å². The number of aryl methyl sites for hydroxylation is 1. The maximum Gasteiger partial charge on any atom is 0.330 e. The van der Waals surface area contributed by atoms with Crippen molar-refractivity contribution in [3.05, 3.63) is 32.6 Å². The van der Waals surface area contributed by atoms with Crippen LogP contribution in [0.3, 0.4) is 0 Å². The van der Waals surface area contributed by atoms with Gasteiger partial charge in [-0.2, -0.15) is 0 Å². The molecule has 128 valence electrons. The van der Waals surface area contributed by atoms with Crippen LogP contribution in [0.4, 0.5) is 0 Å². The maximum absolute atomic E-state index is 12.0. The summed E-state index contributed by atoms with van der Waals surface area (Å²) in [5, 5.41) is 12.7. The van der Waals surface area contributed by atoms with Crippen molar-refractivity contribution >= 4 is 5.91 Å². The molecular formula is C14H21N3O6. The van der Waals surface area contributed by atoms with Crippen molar-refractivity contribution in [1.82, 2.24) is 14.9 Å². The number of hydrogen-bond acceptors (Lipinski definition) is 6. The first kappa shape index (κ1) is 17.4. The van der Waals surface area contributed by atoms with Crippen LogP contribution < -0.4 is 16.6 Å². The first-order valence-electron chi connectivity index (χ1n) is 7.36. The maximum atomic E-state index is 12.0. The SMILES string of the molecule is CCC1OC(n2cc(C)c(=O)[nH]c2=O)C(OCC(=O)NC)C1O. The second-order valence-electron chi connectivity index (χ2n) is 5.39. The Labute approximate surface area is 132 Å². The highest BCUT2D eigenvalue weighted by atomic mass is 16.6. The largest absolute Gasteiger partial charge is 0.388 e. The van der Waals surface area contributed by atoms with Crippen LogP contribution in [-0.4, -0.2) is 52.5 Å². The lowest BCUT2D eigenvalue weighted by Crippen LogP contribution is -2.41. The average Bonchev–Trinajstić information content (AvgIpc) is 2.84. The van der Waals surface area contributed by atoms with Gasteiger partial charge in [0.05, 0.1) is 6.10 Å². The van der Waals surface area contributed by atoms with Gasteiger partial charge in [-0.25, -0.2) is 4.79 Å². The van der Waals surface area contributed by atoms with Crippen molar-refractivity contribution in [3.8, 4) is 0 Å². The molecule has 1 fully saturated rings. The van der Waals surface area contributed by atoms with Gasteiger partial charge in [-0.3, -0.25) is 19.1 Å². The van der Waals surface area contributed by atoms with E-state index in [0.717, 1.165) is 0 Å². The zero-order chi connectivity index (χ0) is 17.1. The van der Waals surface area contributed by atoms with Gasteiger partial charge in [0.1, 0.15) is 18.8 Å². The highest BCUT2D eigenvalue weighted by Gasteiger charge is 2.45. The van der Waals surface area contributed by atoms with E-state index in [-0.39, 0.29) is 12.5 Å². The zero-order valence-corrected chi connectivity index (χ0v) is 13.2. The lowest BCUT2D eigenvalue weighted by atomic mass is 10.1. The molecule has 0 spiro atoms. The Morgan fingerprint density at radius 3 is 2.83 bits per heavy atom. The molecular weight excluding hydrogens is 306 g/mol. The van der Waals surface area contributed by atoms with Gasteiger partial charge in [0.15, 0.2) is 6.23 Å². The summed E-state index contributed by atoms with van der Waals surface area (Å²) in [6.45, 7) is 3.11. The molecule has 4 unspecified atom stereocenters. The molecule has 1 aliphatic rings. The number of likely N-dealkylation sites (N-methyl/N-ethyl adjacent to an activating group) is 1. The minimum Gasteiger partial charge on any atom is -0.388 e. The van der Waals surface area contributed by atoms with Crippen LogP contribution in [0, 0.1) is 6.92 Å². The first-order chi connectivity index (χ1) is 10.9. The molecule has 1 aromatic rings. The number of nitrogens with one attached hydrogen (secondary N) is 2. The molecule has 0 radical (unpaired) electrons. The molecule has 1 aliphatic heterocycles. The van der Waals surface area contributed by atoms with Gasteiger partial charge in [-0.1, -0.05) is 6.92 Å². The van der Waals surface area contributed by atoms with E-state index in [2.05, 4.69) is 10.3 Å². The van der Waals surface area contributed by atoms with E-state index in [9.17, 15) is 19.5 Å². The smallest absolute Gasteiger partial charge is 0.330 e. The Bertz CT molecular complexity index is 682. The minimum atomic E-state index is -0.992. The number of ether oxygens (including phenoxy) is 2. The molecule has 4 atom stereocenters. The van der Waals surface area contributed by atoms with Gasteiger partial charge in [0, 0.05) is 18.8 Å². The molecule has 1 amide bonds. The summed E-state index contributed by atoms with van der Waals surface area (Å²) in [5.41, 5.74) is -0.824. The van der Waals surface area contributed by atoms with Crippen LogP contribution in [0.1, 0.15) is 25.1 Å². The van der Waals surface area contributed by atoms with Gasteiger partial charge < -0.3 is 19.9 Å². The lowest BCUT2D eigenvalue weighted by Gasteiger charge is -2.22.